The summed E-state index contributed by atoms with van der Waals surface area (Å²) in [6, 6.07) is 13.7. The second-order valence-corrected chi connectivity index (χ2v) is 7.90. The van der Waals surface area contributed by atoms with Gasteiger partial charge in [0, 0.05) is 48.8 Å². The summed E-state index contributed by atoms with van der Waals surface area (Å²) in [6.45, 7) is 4.85. The van der Waals surface area contributed by atoms with E-state index in [-0.39, 0.29) is 6.61 Å². The molecule has 0 fully saturated rings. The quantitative estimate of drug-likeness (QED) is 0.405. The first-order chi connectivity index (χ1) is 15.1. The normalized spacial score (nSPS) is 11.7. The minimum Gasteiger partial charge on any atom is -0.370 e. The zero-order valence-electron chi connectivity index (χ0n) is 17.5. The van der Waals surface area contributed by atoms with E-state index in [2.05, 4.69) is 34.5 Å². The van der Waals surface area contributed by atoms with E-state index in [0.29, 0.717) is 12.5 Å². The smallest absolute Gasteiger partial charge is 0.273 e. The fourth-order valence-corrected chi connectivity index (χ4v) is 3.35. The van der Waals surface area contributed by atoms with E-state index in [1.165, 1.54) is 0 Å². The highest BCUT2D eigenvalue weighted by Gasteiger charge is 2.39. The number of nitrogens with zero attached hydrogens (tertiary/aromatic N) is 6. The van der Waals surface area contributed by atoms with Crippen molar-refractivity contribution < 1.29 is 4.74 Å². The van der Waals surface area contributed by atoms with Gasteiger partial charge in [-0.2, -0.15) is 15.3 Å². The highest BCUT2D eigenvalue weighted by molar-refractivity contribution is 7.80. The van der Waals surface area contributed by atoms with Crippen LogP contribution in [0.1, 0.15) is 19.4 Å². The van der Waals surface area contributed by atoms with Crippen LogP contribution in [0, 0.1) is 5.92 Å². The third-order valence-electron chi connectivity index (χ3n) is 4.92. The fraction of sp³-hybridized carbons (Fsp3) is 0.273. The van der Waals surface area contributed by atoms with Crippen LogP contribution < -0.4 is 5.32 Å². The number of rotatable bonds is 9. The summed E-state index contributed by atoms with van der Waals surface area (Å²) in [6.07, 6.45) is 10.8. The summed E-state index contributed by atoms with van der Waals surface area (Å²) < 4.78 is 11.6. The van der Waals surface area contributed by atoms with Crippen LogP contribution in [0.2, 0.25) is 0 Å². The number of ether oxygens (including phenoxy) is 1. The first-order valence-corrected chi connectivity index (χ1v) is 10.5. The van der Waals surface area contributed by atoms with Gasteiger partial charge < -0.3 is 10.1 Å². The predicted octanol–water partition coefficient (Wildman–Crippen LogP) is 3.60. The third-order valence-corrected chi connectivity index (χ3v) is 5.50. The van der Waals surface area contributed by atoms with Crippen LogP contribution in [-0.4, -0.2) is 40.9 Å². The standard InChI is InChI=1S/C22H25N7OS/c1-18(2)21(31)26-20-8-6-19(7-9-20)16-30-17-22(27-13-3-10-23-27,28-14-4-11-24-28)29-15-5-12-25-29/h3-15,18H,16-17H2,1-2H3,(H,26,31). The molecule has 0 aliphatic carbocycles. The summed E-state index contributed by atoms with van der Waals surface area (Å²) in [4.78, 5) is 0.825. The molecule has 0 aliphatic rings. The maximum Gasteiger partial charge on any atom is 0.273 e. The van der Waals surface area contributed by atoms with Gasteiger partial charge in [-0.05, 0) is 35.9 Å². The molecule has 0 radical (unpaired) electrons. The van der Waals surface area contributed by atoms with Crippen molar-refractivity contribution in [2.75, 3.05) is 11.9 Å². The molecule has 0 aliphatic heterocycles. The van der Waals surface area contributed by atoms with E-state index in [1.54, 1.807) is 32.6 Å². The van der Waals surface area contributed by atoms with Crippen molar-refractivity contribution in [2.45, 2.75) is 26.2 Å². The van der Waals surface area contributed by atoms with Gasteiger partial charge in [0.25, 0.3) is 5.79 Å². The lowest BCUT2D eigenvalue weighted by molar-refractivity contribution is -0.0174. The van der Waals surface area contributed by atoms with Gasteiger partial charge in [0.1, 0.15) is 6.61 Å². The molecule has 8 nitrogen and oxygen atoms in total. The molecule has 160 valence electrons. The van der Waals surface area contributed by atoms with Gasteiger partial charge in [0.2, 0.25) is 0 Å². The van der Waals surface area contributed by atoms with E-state index in [1.807, 2.05) is 61.1 Å². The molecule has 9 heteroatoms. The van der Waals surface area contributed by atoms with Crippen LogP contribution in [0.15, 0.2) is 79.6 Å². The number of nitrogens with one attached hydrogen (secondary N) is 1. The highest BCUT2D eigenvalue weighted by Crippen LogP contribution is 2.22. The van der Waals surface area contributed by atoms with Crippen LogP contribution in [0.4, 0.5) is 5.69 Å². The molecule has 4 aromatic rings. The second kappa shape index (κ2) is 9.23. The Kier molecular flexibility index (Phi) is 6.24. The second-order valence-electron chi connectivity index (χ2n) is 7.46. The number of hydrogen-bond donors (Lipinski definition) is 1. The number of hydrogen-bond acceptors (Lipinski definition) is 5. The van der Waals surface area contributed by atoms with Crippen LogP contribution in [0.25, 0.3) is 0 Å². The van der Waals surface area contributed by atoms with Crippen molar-refractivity contribution in [3.05, 3.63) is 85.2 Å². The summed E-state index contributed by atoms with van der Waals surface area (Å²) in [5.41, 5.74) is 2.03. The molecule has 0 spiro atoms. The topological polar surface area (TPSA) is 74.7 Å². The van der Waals surface area contributed by atoms with Crippen molar-refractivity contribution in [2.24, 2.45) is 5.92 Å². The lowest BCUT2D eigenvalue weighted by Crippen LogP contribution is -2.52. The van der Waals surface area contributed by atoms with Crippen molar-refractivity contribution in [1.29, 1.82) is 0 Å². The molecule has 3 heterocycles. The maximum atomic E-state index is 6.19. The zero-order valence-corrected chi connectivity index (χ0v) is 18.3. The highest BCUT2D eigenvalue weighted by atomic mass is 32.1. The van der Waals surface area contributed by atoms with Crippen LogP contribution >= 0.6 is 12.2 Å². The number of thiocarbonyl (C=S) groups is 1. The Balaban J connectivity index is 1.52. The first kappa shape index (κ1) is 21.0. The zero-order chi connectivity index (χ0) is 21.7. The minimum atomic E-state index is -0.901. The van der Waals surface area contributed by atoms with Gasteiger partial charge in [-0.25, -0.2) is 14.0 Å². The number of anilines is 1. The summed E-state index contributed by atoms with van der Waals surface area (Å²) in [7, 11) is 0. The van der Waals surface area contributed by atoms with Gasteiger partial charge in [0.15, 0.2) is 0 Å². The Labute approximate surface area is 186 Å². The van der Waals surface area contributed by atoms with Gasteiger partial charge in [0.05, 0.1) is 11.6 Å². The van der Waals surface area contributed by atoms with Crippen molar-refractivity contribution >= 4 is 22.9 Å². The van der Waals surface area contributed by atoms with Gasteiger partial charge >= 0.3 is 0 Å². The Bertz CT molecular complexity index is 988. The lowest BCUT2D eigenvalue weighted by Gasteiger charge is -2.34. The predicted molar refractivity (Wildman–Crippen MR) is 123 cm³/mol. The molecule has 0 saturated carbocycles. The van der Waals surface area contributed by atoms with Crippen molar-refractivity contribution in [3.63, 3.8) is 0 Å². The lowest BCUT2D eigenvalue weighted by atomic mass is 10.2. The molecule has 3 aromatic heterocycles. The molecule has 1 N–H and O–H groups in total. The molecule has 1 aromatic carbocycles. The van der Waals surface area contributed by atoms with E-state index in [0.717, 1.165) is 16.2 Å². The van der Waals surface area contributed by atoms with Gasteiger partial charge in [-0.3, -0.25) is 0 Å². The number of benzene rings is 1. The third kappa shape index (κ3) is 4.42. The molecule has 4 rings (SSSR count). The number of aromatic nitrogens is 6. The molecule has 0 atom stereocenters. The average molecular weight is 436 g/mol. The summed E-state index contributed by atoms with van der Waals surface area (Å²) in [5.74, 6) is -0.598. The summed E-state index contributed by atoms with van der Waals surface area (Å²) in [5, 5.41) is 16.7. The van der Waals surface area contributed by atoms with Crippen LogP contribution in [0.3, 0.4) is 0 Å². The molecule has 0 amide bonds. The largest absolute Gasteiger partial charge is 0.370 e. The Morgan fingerprint density at radius 1 is 0.935 bits per heavy atom. The van der Waals surface area contributed by atoms with E-state index < -0.39 is 5.79 Å². The Hall–Kier alpha value is -3.30. The van der Waals surface area contributed by atoms with Gasteiger partial charge in [-0.1, -0.05) is 38.2 Å². The Morgan fingerprint density at radius 2 is 1.45 bits per heavy atom. The Morgan fingerprint density at radius 3 is 1.87 bits per heavy atom. The monoisotopic (exact) mass is 435 g/mol. The van der Waals surface area contributed by atoms with Crippen LogP contribution in [-0.2, 0) is 17.1 Å². The van der Waals surface area contributed by atoms with E-state index in [9.17, 15) is 0 Å². The SMILES string of the molecule is CC(C)C(=S)Nc1ccc(COCC(n2cccn2)(n2cccn2)n2cccn2)cc1. The van der Waals surface area contributed by atoms with Crippen LogP contribution in [0.5, 0.6) is 0 Å². The van der Waals surface area contributed by atoms with Crippen molar-refractivity contribution in [1.82, 2.24) is 29.3 Å². The first-order valence-electron chi connectivity index (χ1n) is 10.1. The molecular formula is C22H25N7OS. The van der Waals surface area contributed by atoms with E-state index in [4.69, 9.17) is 17.0 Å². The summed E-state index contributed by atoms with van der Waals surface area (Å²) >= 11 is 5.36. The average Bonchev–Trinajstić information content (AvgIpc) is 3.56. The molecule has 0 bridgehead atoms. The van der Waals surface area contributed by atoms with Crippen molar-refractivity contribution in [3.8, 4) is 0 Å². The maximum absolute atomic E-state index is 6.19. The molecule has 31 heavy (non-hydrogen) atoms. The molecular weight excluding hydrogens is 410 g/mol. The van der Waals surface area contributed by atoms with Gasteiger partial charge in [-0.15, -0.1) is 0 Å². The van der Waals surface area contributed by atoms with E-state index >= 15 is 0 Å². The molecule has 0 saturated heterocycles. The molecule has 0 unspecified atom stereocenters. The fourth-order valence-electron chi connectivity index (χ4n) is 3.23. The minimum absolute atomic E-state index is 0.273.